The number of hydrogen-bond donors (Lipinski definition) is 2. The molecule has 6 heteroatoms. The molecule has 0 bridgehead atoms. The molecule has 0 unspecified atom stereocenters. The van der Waals surface area contributed by atoms with Crippen molar-refractivity contribution in [3.05, 3.63) is 29.3 Å². The van der Waals surface area contributed by atoms with Gasteiger partial charge in [0.2, 0.25) is 0 Å². The largest absolute Gasteiger partial charge is 0.307 e. The van der Waals surface area contributed by atoms with Crippen LogP contribution in [0.15, 0.2) is 12.4 Å². The van der Waals surface area contributed by atoms with Gasteiger partial charge in [0, 0.05) is 37.6 Å². The lowest BCUT2D eigenvalue weighted by molar-refractivity contribution is 0.672. The van der Waals surface area contributed by atoms with Crippen LogP contribution in [0.5, 0.6) is 0 Å². The summed E-state index contributed by atoms with van der Waals surface area (Å²) in [5.41, 5.74) is 3.22. The summed E-state index contributed by atoms with van der Waals surface area (Å²) in [6.45, 7) is 3.52. The molecule has 2 aromatic heterocycles. The van der Waals surface area contributed by atoms with Gasteiger partial charge in [-0.2, -0.15) is 5.10 Å². The molecule has 0 aromatic carbocycles. The molecule has 2 aromatic rings. The monoisotopic (exact) mass is 206 g/mol. The Morgan fingerprint density at radius 1 is 1.47 bits per heavy atom. The maximum atomic E-state index is 3.98. The molecule has 0 aliphatic carbocycles. The maximum Gasteiger partial charge on any atom is 0.0964 e. The highest BCUT2D eigenvalue weighted by atomic mass is 15.4. The molecule has 6 nitrogen and oxygen atoms in total. The Labute approximate surface area is 87.7 Å². The number of nitrogens with one attached hydrogen (secondary N) is 2. The quantitative estimate of drug-likeness (QED) is 0.746. The van der Waals surface area contributed by atoms with Crippen molar-refractivity contribution in [3.8, 4) is 0 Å². The Kier molecular flexibility index (Phi) is 2.77. The van der Waals surface area contributed by atoms with Gasteiger partial charge in [0.25, 0.3) is 0 Å². The Bertz CT molecular complexity index is 429. The summed E-state index contributed by atoms with van der Waals surface area (Å²) in [7, 11) is 1.86. The van der Waals surface area contributed by atoms with E-state index in [0.717, 1.165) is 24.5 Å². The first-order valence-electron chi connectivity index (χ1n) is 4.80. The lowest BCUT2D eigenvalue weighted by atomic mass is 10.2. The van der Waals surface area contributed by atoms with Gasteiger partial charge in [0.1, 0.15) is 0 Å². The number of rotatable bonds is 4. The van der Waals surface area contributed by atoms with E-state index in [1.54, 1.807) is 4.68 Å². The second-order valence-corrected chi connectivity index (χ2v) is 3.51. The van der Waals surface area contributed by atoms with Gasteiger partial charge in [-0.25, -0.2) is 0 Å². The van der Waals surface area contributed by atoms with E-state index in [1.165, 1.54) is 5.56 Å². The van der Waals surface area contributed by atoms with Crippen LogP contribution < -0.4 is 5.32 Å². The average Bonchev–Trinajstić information content (AvgIpc) is 2.77. The molecule has 0 aliphatic rings. The summed E-state index contributed by atoms with van der Waals surface area (Å²) >= 11 is 0. The van der Waals surface area contributed by atoms with E-state index in [2.05, 4.69) is 25.8 Å². The molecule has 80 valence electrons. The molecule has 0 atom stereocenters. The van der Waals surface area contributed by atoms with Gasteiger partial charge in [0.15, 0.2) is 0 Å². The summed E-state index contributed by atoms with van der Waals surface area (Å²) < 4.78 is 1.69. The number of aromatic amines is 1. The minimum absolute atomic E-state index is 0.721. The summed E-state index contributed by atoms with van der Waals surface area (Å²) in [6, 6.07) is 0. The third-order valence-electron chi connectivity index (χ3n) is 2.21. The Balaban J connectivity index is 1.83. The van der Waals surface area contributed by atoms with Crippen molar-refractivity contribution in [2.45, 2.75) is 20.0 Å². The van der Waals surface area contributed by atoms with Crippen LogP contribution in [-0.2, 0) is 20.1 Å². The zero-order chi connectivity index (χ0) is 10.7. The molecule has 0 radical (unpaired) electrons. The maximum absolute atomic E-state index is 3.98. The molecule has 2 N–H and O–H groups in total. The first-order chi connectivity index (χ1) is 7.25. The zero-order valence-corrected chi connectivity index (χ0v) is 8.86. The van der Waals surface area contributed by atoms with Crippen LogP contribution in [0, 0.1) is 6.92 Å². The molecular weight excluding hydrogens is 192 g/mol. The molecule has 0 saturated carbocycles. The van der Waals surface area contributed by atoms with E-state index in [4.69, 9.17) is 0 Å². The number of H-pyrrole nitrogens is 1. The van der Waals surface area contributed by atoms with E-state index >= 15 is 0 Å². The molecule has 2 heterocycles. The van der Waals surface area contributed by atoms with Crippen LogP contribution in [0.4, 0.5) is 0 Å². The topological polar surface area (TPSA) is 71.4 Å². The van der Waals surface area contributed by atoms with Gasteiger partial charge >= 0.3 is 0 Å². The number of aromatic nitrogens is 5. The number of nitrogens with zero attached hydrogens (tertiary/aromatic N) is 4. The standard InChI is InChI=1S/C9H14N6/c1-7-8(4-11-12-7)3-10-5-9-6-15(2)14-13-9/h4,6,10H,3,5H2,1-2H3,(H,11,12). The second kappa shape index (κ2) is 4.22. The minimum atomic E-state index is 0.721. The molecule has 0 fully saturated rings. The third kappa shape index (κ3) is 2.41. The molecule has 0 saturated heterocycles. The Morgan fingerprint density at radius 2 is 2.33 bits per heavy atom. The summed E-state index contributed by atoms with van der Waals surface area (Å²) in [5, 5.41) is 18.0. The van der Waals surface area contributed by atoms with E-state index in [-0.39, 0.29) is 0 Å². The fourth-order valence-electron chi connectivity index (χ4n) is 1.36. The molecule has 0 aliphatic heterocycles. The van der Waals surface area contributed by atoms with Crippen LogP contribution >= 0.6 is 0 Å². The van der Waals surface area contributed by atoms with Crippen molar-refractivity contribution >= 4 is 0 Å². The van der Waals surface area contributed by atoms with E-state index in [0.29, 0.717) is 0 Å². The van der Waals surface area contributed by atoms with Crippen molar-refractivity contribution in [1.82, 2.24) is 30.5 Å². The molecular formula is C9H14N6. The smallest absolute Gasteiger partial charge is 0.0964 e. The Morgan fingerprint density at radius 3 is 2.93 bits per heavy atom. The van der Waals surface area contributed by atoms with Crippen LogP contribution in [0.25, 0.3) is 0 Å². The fourth-order valence-corrected chi connectivity index (χ4v) is 1.36. The SMILES string of the molecule is Cc1[nH]ncc1CNCc1cn(C)nn1. The average molecular weight is 206 g/mol. The number of aryl methyl sites for hydroxylation is 2. The van der Waals surface area contributed by atoms with Gasteiger partial charge in [0.05, 0.1) is 11.9 Å². The predicted octanol–water partition coefficient (Wildman–Crippen LogP) is 0.136. The highest BCUT2D eigenvalue weighted by Gasteiger charge is 2.01. The highest BCUT2D eigenvalue weighted by molar-refractivity contribution is 5.13. The molecule has 2 rings (SSSR count). The van der Waals surface area contributed by atoms with Crippen molar-refractivity contribution in [2.75, 3.05) is 0 Å². The van der Waals surface area contributed by atoms with Crippen LogP contribution in [0.3, 0.4) is 0 Å². The first kappa shape index (κ1) is 9.85. The van der Waals surface area contributed by atoms with Crippen molar-refractivity contribution in [1.29, 1.82) is 0 Å². The lowest BCUT2D eigenvalue weighted by Crippen LogP contribution is -2.13. The second-order valence-electron chi connectivity index (χ2n) is 3.51. The van der Waals surface area contributed by atoms with E-state index < -0.39 is 0 Å². The molecule has 0 spiro atoms. The predicted molar refractivity (Wildman–Crippen MR) is 54.9 cm³/mol. The first-order valence-corrected chi connectivity index (χ1v) is 4.80. The highest BCUT2D eigenvalue weighted by Crippen LogP contribution is 2.01. The normalized spacial score (nSPS) is 10.8. The third-order valence-corrected chi connectivity index (χ3v) is 2.21. The summed E-state index contributed by atoms with van der Waals surface area (Å²) in [5.74, 6) is 0. The van der Waals surface area contributed by atoms with Crippen molar-refractivity contribution in [2.24, 2.45) is 7.05 Å². The molecule has 15 heavy (non-hydrogen) atoms. The van der Waals surface area contributed by atoms with Gasteiger partial charge in [-0.05, 0) is 6.92 Å². The van der Waals surface area contributed by atoms with Gasteiger partial charge in [-0.1, -0.05) is 5.21 Å². The molecule has 0 amide bonds. The van der Waals surface area contributed by atoms with Gasteiger partial charge in [-0.3, -0.25) is 9.78 Å². The minimum Gasteiger partial charge on any atom is -0.307 e. The van der Waals surface area contributed by atoms with Crippen molar-refractivity contribution < 1.29 is 0 Å². The summed E-state index contributed by atoms with van der Waals surface area (Å²) in [4.78, 5) is 0. The van der Waals surface area contributed by atoms with Crippen LogP contribution in [-0.4, -0.2) is 25.2 Å². The fraction of sp³-hybridized carbons (Fsp3) is 0.444. The van der Waals surface area contributed by atoms with Crippen molar-refractivity contribution in [3.63, 3.8) is 0 Å². The zero-order valence-electron chi connectivity index (χ0n) is 8.86. The summed E-state index contributed by atoms with van der Waals surface area (Å²) in [6.07, 6.45) is 3.73. The van der Waals surface area contributed by atoms with E-state index in [1.807, 2.05) is 26.4 Å². The number of hydrogen-bond acceptors (Lipinski definition) is 4. The van der Waals surface area contributed by atoms with Gasteiger partial charge < -0.3 is 5.32 Å². The Hall–Kier alpha value is -1.69. The van der Waals surface area contributed by atoms with Gasteiger partial charge in [-0.15, -0.1) is 5.10 Å². The lowest BCUT2D eigenvalue weighted by Gasteiger charge is -2.00. The van der Waals surface area contributed by atoms with E-state index in [9.17, 15) is 0 Å². The van der Waals surface area contributed by atoms with Crippen LogP contribution in [0.2, 0.25) is 0 Å². The van der Waals surface area contributed by atoms with Crippen LogP contribution in [0.1, 0.15) is 17.0 Å².